The summed E-state index contributed by atoms with van der Waals surface area (Å²) in [5.41, 5.74) is 8.78. The van der Waals surface area contributed by atoms with Gasteiger partial charge < -0.3 is 14.6 Å². The highest BCUT2D eigenvalue weighted by molar-refractivity contribution is 5.85. The minimum absolute atomic E-state index is 0. The van der Waals surface area contributed by atoms with E-state index in [1.54, 1.807) is 0 Å². The number of halogens is 1. The van der Waals surface area contributed by atoms with Crippen molar-refractivity contribution in [2.75, 3.05) is 13.2 Å². The lowest BCUT2D eigenvalue weighted by Crippen LogP contribution is -2.30. The number of carbonyl (C=O) groups is 1. The van der Waals surface area contributed by atoms with Gasteiger partial charge in [0.05, 0.1) is 13.0 Å². The molecule has 0 amide bonds. The smallest absolute Gasteiger partial charge is 0.304 e. The molecule has 0 saturated carbocycles. The maximum atomic E-state index is 11.1. The van der Waals surface area contributed by atoms with Crippen LogP contribution < -0.4 is 9.47 Å². The van der Waals surface area contributed by atoms with E-state index in [-0.39, 0.29) is 24.7 Å². The fraction of sp³-hybridized carbons (Fsp3) is 0.242. The average molecular weight is 542 g/mol. The first-order valence-electron chi connectivity index (χ1n) is 13.2. The zero-order valence-corrected chi connectivity index (χ0v) is 22.5. The van der Waals surface area contributed by atoms with Crippen LogP contribution >= 0.6 is 12.4 Å². The Bertz CT molecular complexity index is 1460. The summed E-state index contributed by atoms with van der Waals surface area (Å²) in [6.45, 7) is 3.85. The van der Waals surface area contributed by atoms with E-state index in [9.17, 15) is 4.79 Å². The molecule has 2 aliphatic heterocycles. The highest BCUT2D eigenvalue weighted by Gasteiger charge is 2.26. The first kappa shape index (κ1) is 26.8. The molecular formula is C33H32ClNO4. The zero-order valence-electron chi connectivity index (χ0n) is 21.7. The number of benzene rings is 4. The van der Waals surface area contributed by atoms with Gasteiger partial charge in [0.2, 0.25) is 0 Å². The Morgan fingerprint density at radius 3 is 2.62 bits per heavy atom. The normalized spacial score (nSPS) is 15.9. The standard InChI is InChI=1S/C33H31NO4.ClH/c35-33(36)17-27-22-38-32-18-28(12-13-31(27)32)37-21-24-8-4-9-25(16-24)29-11-5-10-26-20-34(15-14-30(26)29)19-23-6-2-1-3-7-23;/h1-13,16,18,27H,14-15,17,19-22H2,(H,35,36);1H/t27-;/m1./s1. The molecule has 200 valence electrons. The lowest BCUT2D eigenvalue weighted by Gasteiger charge is -2.30. The second kappa shape index (κ2) is 11.9. The van der Waals surface area contributed by atoms with Crippen molar-refractivity contribution in [3.05, 3.63) is 119 Å². The summed E-state index contributed by atoms with van der Waals surface area (Å²) < 4.78 is 11.8. The van der Waals surface area contributed by atoms with E-state index in [4.69, 9.17) is 14.6 Å². The van der Waals surface area contributed by atoms with Crippen LogP contribution in [0.4, 0.5) is 0 Å². The minimum Gasteiger partial charge on any atom is -0.492 e. The maximum Gasteiger partial charge on any atom is 0.304 e. The molecule has 6 rings (SSSR count). The van der Waals surface area contributed by atoms with Crippen molar-refractivity contribution in [2.24, 2.45) is 0 Å². The molecule has 0 aliphatic carbocycles. The lowest BCUT2D eigenvalue weighted by atomic mass is 9.90. The summed E-state index contributed by atoms with van der Waals surface area (Å²) in [6, 6.07) is 31.7. The molecule has 1 atom stereocenters. The second-order valence-corrected chi connectivity index (χ2v) is 10.2. The molecule has 4 aromatic rings. The summed E-state index contributed by atoms with van der Waals surface area (Å²) in [6.07, 6.45) is 1.12. The molecule has 6 heteroatoms. The Morgan fingerprint density at radius 1 is 0.949 bits per heavy atom. The number of aliphatic carboxylic acids is 1. The van der Waals surface area contributed by atoms with Gasteiger partial charge in [-0.15, -0.1) is 12.4 Å². The second-order valence-electron chi connectivity index (χ2n) is 10.2. The largest absolute Gasteiger partial charge is 0.492 e. The van der Waals surface area contributed by atoms with Gasteiger partial charge in [0.25, 0.3) is 0 Å². The van der Waals surface area contributed by atoms with E-state index in [1.807, 2.05) is 18.2 Å². The van der Waals surface area contributed by atoms with Gasteiger partial charge in [-0.1, -0.05) is 72.8 Å². The van der Waals surface area contributed by atoms with Crippen molar-refractivity contribution in [1.82, 2.24) is 4.90 Å². The molecule has 39 heavy (non-hydrogen) atoms. The van der Waals surface area contributed by atoms with Gasteiger partial charge in [0.1, 0.15) is 18.1 Å². The molecule has 2 aliphatic rings. The number of ether oxygens (including phenoxy) is 2. The third-order valence-corrected chi connectivity index (χ3v) is 7.52. The molecule has 0 bridgehead atoms. The van der Waals surface area contributed by atoms with Gasteiger partial charge in [0.15, 0.2) is 0 Å². The minimum atomic E-state index is -0.809. The van der Waals surface area contributed by atoms with Gasteiger partial charge in [0, 0.05) is 37.2 Å². The lowest BCUT2D eigenvalue weighted by molar-refractivity contribution is -0.137. The molecule has 1 N–H and O–H groups in total. The van der Waals surface area contributed by atoms with Crippen molar-refractivity contribution in [1.29, 1.82) is 0 Å². The highest BCUT2D eigenvalue weighted by Crippen LogP contribution is 2.38. The van der Waals surface area contributed by atoms with Crippen LogP contribution in [-0.2, 0) is 30.9 Å². The summed E-state index contributed by atoms with van der Waals surface area (Å²) in [5.74, 6) is 0.534. The first-order valence-corrected chi connectivity index (χ1v) is 13.2. The van der Waals surface area contributed by atoms with Gasteiger partial charge in [-0.05, 0) is 51.9 Å². The van der Waals surface area contributed by atoms with Crippen molar-refractivity contribution in [3.63, 3.8) is 0 Å². The molecule has 4 aromatic carbocycles. The van der Waals surface area contributed by atoms with E-state index >= 15 is 0 Å². The van der Waals surface area contributed by atoms with Gasteiger partial charge in [-0.3, -0.25) is 9.69 Å². The molecule has 0 fully saturated rings. The van der Waals surface area contributed by atoms with Gasteiger partial charge in [-0.2, -0.15) is 0 Å². The summed E-state index contributed by atoms with van der Waals surface area (Å²) >= 11 is 0. The fourth-order valence-electron chi connectivity index (χ4n) is 5.64. The number of carboxylic acids is 1. The average Bonchev–Trinajstić information content (AvgIpc) is 3.33. The number of hydrogen-bond acceptors (Lipinski definition) is 4. The van der Waals surface area contributed by atoms with E-state index in [0.29, 0.717) is 13.2 Å². The Balaban J connectivity index is 0.00000308. The number of fused-ring (bicyclic) bond motifs is 2. The Labute approximate surface area is 235 Å². The molecular weight excluding hydrogens is 510 g/mol. The van der Waals surface area contributed by atoms with Crippen LogP contribution in [0.5, 0.6) is 11.5 Å². The van der Waals surface area contributed by atoms with Gasteiger partial charge in [-0.25, -0.2) is 0 Å². The number of nitrogens with zero attached hydrogens (tertiary/aromatic N) is 1. The predicted octanol–water partition coefficient (Wildman–Crippen LogP) is 6.86. The Hall–Kier alpha value is -3.80. The summed E-state index contributed by atoms with van der Waals surface area (Å²) in [5, 5.41) is 9.12. The number of hydrogen-bond donors (Lipinski definition) is 1. The van der Waals surface area contributed by atoms with Crippen LogP contribution in [0.15, 0.2) is 91.0 Å². The fourth-order valence-corrected chi connectivity index (χ4v) is 5.64. The SMILES string of the molecule is Cl.O=C(O)C[C@@H]1COc2cc(OCc3cccc(-c4cccc5c4CCN(Cc4ccccc4)C5)c3)ccc21. The van der Waals surface area contributed by atoms with Crippen LogP contribution in [0.3, 0.4) is 0 Å². The Morgan fingerprint density at radius 2 is 1.77 bits per heavy atom. The van der Waals surface area contributed by atoms with Crippen LogP contribution in [0.2, 0.25) is 0 Å². The quantitative estimate of drug-likeness (QED) is 0.264. The number of rotatable bonds is 8. The van der Waals surface area contributed by atoms with Crippen LogP contribution in [0, 0.1) is 0 Å². The topological polar surface area (TPSA) is 59.0 Å². The van der Waals surface area contributed by atoms with Crippen molar-refractivity contribution in [2.45, 2.75) is 38.5 Å². The summed E-state index contributed by atoms with van der Waals surface area (Å²) in [4.78, 5) is 13.6. The van der Waals surface area contributed by atoms with E-state index in [1.165, 1.54) is 27.8 Å². The van der Waals surface area contributed by atoms with Gasteiger partial charge >= 0.3 is 5.97 Å². The summed E-state index contributed by atoms with van der Waals surface area (Å²) in [7, 11) is 0. The first-order chi connectivity index (χ1) is 18.6. The van der Waals surface area contributed by atoms with E-state index < -0.39 is 5.97 Å². The predicted molar refractivity (Wildman–Crippen MR) is 155 cm³/mol. The molecule has 0 radical (unpaired) electrons. The third-order valence-electron chi connectivity index (χ3n) is 7.52. The molecule has 0 unspecified atom stereocenters. The van der Waals surface area contributed by atoms with E-state index in [2.05, 4.69) is 77.7 Å². The Kier molecular flexibility index (Phi) is 8.20. The highest BCUT2D eigenvalue weighted by atomic mass is 35.5. The number of carboxylic acid groups (broad SMARTS) is 1. The van der Waals surface area contributed by atoms with E-state index in [0.717, 1.165) is 48.7 Å². The van der Waals surface area contributed by atoms with Crippen molar-refractivity contribution >= 4 is 18.4 Å². The third kappa shape index (κ3) is 6.11. The maximum absolute atomic E-state index is 11.1. The molecule has 0 spiro atoms. The van der Waals surface area contributed by atoms with Crippen LogP contribution in [0.25, 0.3) is 11.1 Å². The van der Waals surface area contributed by atoms with Crippen molar-refractivity contribution in [3.8, 4) is 22.6 Å². The van der Waals surface area contributed by atoms with Crippen LogP contribution in [0.1, 0.15) is 40.2 Å². The molecule has 0 aromatic heterocycles. The zero-order chi connectivity index (χ0) is 25.9. The molecule has 5 nitrogen and oxygen atoms in total. The van der Waals surface area contributed by atoms with Crippen molar-refractivity contribution < 1.29 is 19.4 Å². The molecule has 2 heterocycles. The van der Waals surface area contributed by atoms with Crippen LogP contribution in [-0.4, -0.2) is 29.1 Å². The molecule has 0 saturated heterocycles. The monoisotopic (exact) mass is 541 g/mol.